The number of hydrogen-bond donors (Lipinski definition) is 3. The predicted octanol–water partition coefficient (Wildman–Crippen LogP) is 1.44. The van der Waals surface area contributed by atoms with Gasteiger partial charge in [0.1, 0.15) is 11.6 Å². The summed E-state index contributed by atoms with van der Waals surface area (Å²) in [6, 6.07) is 6.88. The summed E-state index contributed by atoms with van der Waals surface area (Å²) in [6.45, 7) is 1.60. The molecule has 2 amide bonds. The molecule has 4 rings (SSSR count). The van der Waals surface area contributed by atoms with Crippen molar-refractivity contribution in [3.8, 4) is 5.75 Å². The number of anilines is 3. The lowest BCUT2D eigenvalue weighted by molar-refractivity contribution is -0.123. The van der Waals surface area contributed by atoms with Crippen molar-refractivity contribution < 1.29 is 14.3 Å². The maximum atomic E-state index is 12.8. The van der Waals surface area contributed by atoms with Crippen LogP contribution in [0.1, 0.15) is 30.7 Å². The van der Waals surface area contributed by atoms with E-state index in [0.717, 1.165) is 25.9 Å². The summed E-state index contributed by atoms with van der Waals surface area (Å²) in [5.41, 5.74) is 0.301. The molecular weight excluding hydrogens is 362 g/mol. The number of methoxy groups -OCH3 is 1. The average Bonchev–Trinajstić information content (AvgIpc) is 3.22. The van der Waals surface area contributed by atoms with E-state index in [0.29, 0.717) is 17.4 Å². The molecular formula is C19H21N5O4. The van der Waals surface area contributed by atoms with Crippen molar-refractivity contribution in [3.63, 3.8) is 0 Å². The first-order valence-electron chi connectivity index (χ1n) is 9.19. The van der Waals surface area contributed by atoms with Crippen LogP contribution in [-0.4, -0.2) is 42.0 Å². The highest BCUT2D eigenvalue weighted by atomic mass is 16.5. The number of ether oxygens (including phenoxy) is 1. The highest BCUT2D eigenvalue weighted by Crippen LogP contribution is 2.31. The number of fused-ring (bicyclic) bond motifs is 1. The summed E-state index contributed by atoms with van der Waals surface area (Å²) in [5, 5.41) is 5.39. The van der Waals surface area contributed by atoms with Crippen molar-refractivity contribution in [1.29, 1.82) is 0 Å². The summed E-state index contributed by atoms with van der Waals surface area (Å²) < 4.78 is 5.15. The minimum absolute atomic E-state index is 0.114. The van der Waals surface area contributed by atoms with Crippen molar-refractivity contribution >= 4 is 29.3 Å². The number of amides is 2. The van der Waals surface area contributed by atoms with Crippen LogP contribution in [0.15, 0.2) is 29.1 Å². The molecule has 0 bridgehead atoms. The highest BCUT2D eigenvalue weighted by Gasteiger charge is 2.35. The van der Waals surface area contributed by atoms with Gasteiger partial charge in [-0.1, -0.05) is 6.07 Å². The standard InChI is InChI=1S/C19H21N5O4/c1-28-12-6-4-5-11(9-12)20-17(26)13-10-14(25)21-16-15(13)18(27)23-19(22-16)24-7-2-3-8-24/h4-6,9,13H,2-3,7-8,10H2,1H3,(H,20,26)(H2,21,22,23,25,27)/t13-/m1/s1. The molecule has 0 spiro atoms. The first kappa shape index (κ1) is 18.0. The maximum absolute atomic E-state index is 12.8. The van der Waals surface area contributed by atoms with Gasteiger partial charge in [-0.3, -0.25) is 19.4 Å². The normalized spacial score (nSPS) is 18.4. The Hall–Kier alpha value is -3.36. The lowest BCUT2D eigenvalue weighted by Gasteiger charge is -2.25. The fourth-order valence-electron chi connectivity index (χ4n) is 3.59. The summed E-state index contributed by atoms with van der Waals surface area (Å²) >= 11 is 0. The first-order valence-corrected chi connectivity index (χ1v) is 9.19. The lowest BCUT2D eigenvalue weighted by Crippen LogP contribution is -2.37. The third-order valence-electron chi connectivity index (χ3n) is 5.00. The fraction of sp³-hybridized carbons (Fsp3) is 0.368. The largest absolute Gasteiger partial charge is 0.497 e. The predicted molar refractivity (Wildman–Crippen MR) is 104 cm³/mol. The Balaban J connectivity index is 1.64. The number of nitrogens with zero attached hydrogens (tertiary/aromatic N) is 2. The van der Waals surface area contributed by atoms with Gasteiger partial charge in [0.2, 0.25) is 17.8 Å². The van der Waals surface area contributed by atoms with E-state index in [2.05, 4.69) is 20.6 Å². The Morgan fingerprint density at radius 1 is 1.29 bits per heavy atom. The molecule has 3 heterocycles. The molecule has 1 atom stereocenters. The quantitative estimate of drug-likeness (QED) is 0.736. The number of nitrogens with one attached hydrogen (secondary N) is 3. The van der Waals surface area contributed by atoms with Gasteiger partial charge in [0.15, 0.2) is 0 Å². The molecule has 9 nitrogen and oxygen atoms in total. The first-order chi connectivity index (χ1) is 13.5. The molecule has 3 N–H and O–H groups in total. The number of benzene rings is 1. The van der Waals surface area contributed by atoms with Crippen LogP contribution in [0.5, 0.6) is 5.75 Å². The van der Waals surface area contributed by atoms with E-state index in [-0.39, 0.29) is 23.7 Å². The summed E-state index contributed by atoms with van der Waals surface area (Å²) in [4.78, 5) is 46.9. The zero-order valence-corrected chi connectivity index (χ0v) is 15.4. The highest BCUT2D eigenvalue weighted by molar-refractivity contribution is 6.04. The van der Waals surface area contributed by atoms with Crippen molar-refractivity contribution in [2.24, 2.45) is 0 Å². The van der Waals surface area contributed by atoms with E-state index >= 15 is 0 Å². The zero-order chi connectivity index (χ0) is 19.7. The number of hydrogen-bond acceptors (Lipinski definition) is 6. The van der Waals surface area contributed by atoms with E-state index in [4.69, 9.17) is 4.74 Å². The minimum Gasteiger partial charge on any atom is -0.497 e. The summed E-state index contributed by atoms with van der Waals surface area (Å²) in [5.74, 6) is -0.523. The lowest BCUT2D eigenvalue weighted by atomic mass is 9.92. The van der Waals surface area contributed by atoms with Gasteiger partial charge in [-0.25, -0.2) is 0 Å². The van der Waals surface area contributed by atoms with Crippen LogP contribution >= 0.6 is 0 Å². The maximum Gasteiger partial charge on any atom is 0.258 e. The molecule has 0 radical (unpaired) electrons. The molecule has 1 fully saturated rings. The molecule has 2 aromatic rings. The number of carbonyl (C=O) groups is 2. The number of rotatable bonds is 4. The van der Waals surface area contributed by atoms with Gasteiger partial charge >= 0.3 is 0 Å². The van der Waals surface area contributed by atoms with Crippen molar-refractivity contribution in [3.05, 3.63) is 40.2 Å². The monoisotopic (exact) mass is 383 g/mol. The van der Waals surface area contributed by atoms with Gasteiger partial charge in [-0.15, -0.1) is 0 Å². The van der Waals surface area contributed by atoms with Crippen LogP contribution in [0.2, 0.25) is 0 Å². The molecule has 0 aliphatic carbocycles. The molecule has 9 heteroatoms. The van der Waals surface area contributed by atoms with Crippen molar-refractivity contribution in [2.45, 2.75) is 25.2 Å². The Labute approximate surface area is 161 Å². The SMILES string of the molecule is COc1cccc(NC(=O)[C@@H]2CC(=O)Nc3nc(N4CCCC4)[nH]c(=O)c32)c1. The Bertz CT molecular complexity index is 981. The van der Waals surface area contributed by atoms with Crippen LogP contribution in [0.3, 0.4) is 0 Å². The summed E-state index contributed by atoms with van der Waals surface area (Å²) in [7, 11) is 1.53. The Kier molecular flexibility index (Phi) is 4.72. The number of aromatic amines is 1. The third-order valence-corrected chi connectivity index (χ3v) is 5.00. The van der Waals surface area contributed by atoms with E-state index < -0.39 is 17.4 Å². The van der Waals surface area contributed by atoms with Gasteiger partial charge in [0, 0.05) is 31.3 Å². The number of carbonyl (C=O) groups excluding carboxylic acids is 2. The smallest absolute Gasteiger partial charge is 0.258 e. The van der Waals surface area contributed by atoms with Crippen LogP contribution in [0.25, 0.3) is 0 Å². The second kappa shape index (κ2) is 7.34. The third kappa shape index (κ3) is 3.42. The molecule has 2 aliphatic rings. The molecule has 146 valence electrons. The molecule has 0 saturated carbocycles. The second-order valence-corrected chi connectivity index (χ2v) is 6.87. The van der Waals surface area contributed by atoms with Crippen molar-refractivity contribution in [2.75, 3.05) is 35.7 Å². The van der Waals surface area contributed by atoms with Gasteiger partial charge in [-0.2, -0.15) is 4.98 Å². The fourth-order valence-corrected chi connectivity index (χ4v) is 3.59. The topological polar surface area (TPSA) is 116 Å². The second-order valence-electron chi connectivity index (χ2n) is 6.87. The van der Waals surface area contributed by atoms with E-state index in [9.17, 15) is 14.4 Å². The van der Waals surface area contributed by atoms with Crippen LogP contribution in [0, 0.1) is 0 Å². The Morgan fingerprint density at radius 3 is 2.82 bits per heavy atom. The van der Waals surface area contributed by atoms with Crippen LogP contribution in [-0.2, 0) is 9.59 Å². The Morgan fingerprint density at radius 2 is 2.07 bits per heavy atom. The molecule has 2 aliphatic heterocycles. The van der Waals surface area contributed by atoms with Crippen molar-refractivity contribution in [1.82, 2.24) is 9.97 Å². The van der Waals surface area contributed by atoms with Crippen LogP contribution < -0.4 is 25.8 Å². The van der Waals surface area contributed by atoms with E-state index in [1.54, 1.807) is 24.3 Å². The summed E-state index contributed by atoms with van der Waals surface area (Å²) in [6.07, 6.45) is 1.94. The minimum atomic E-state index is -0.918. The van der Waals surface area contributed by atoms with Gasteiger partial charge in [0.25, 0.3) is 5.56 Å². The average molecular weight is 383 g/mol. The van der Waals surface area contributed by atoms with Gasteiger partial charge < -0.3 is 20.3 Å². The zero-order valence-electron chi connectivity index (χ0n) is 15.4. The molecule has 28 heavy (non-hydrogen) atoms. The number of aromatic nitrogens is 2. The molecule has 1 saturated heterocycles. The van der Waals surface area contributed by atoms with Gasteiger partial charge in [-0.05, 0) is 25.0 Å². The van der Waals surface area contributed by atoms with Gasteiger partial charge in [0.05, 0.1) is 18.6 Å². The van der Waals surface area contributed by atoms with E-state index in [1.165, 1.54) is 7.11 Å². The molecule has 1 aromatic carbocycles. The molecule has 1 aromatic heterocycles. The molecule has 0 unspecified atom stereocenters. The van der Waals surface area contributed by atoms with E-state index in [1.807, 2.05) is 4.90 Å². The number of H-pyrrole nitrogens is 1. The van der Waals surface area contributed by atoms with Crippen LogP contribution in [0.4, 0.5) is 17.5 Å².